The van der Waals surface area contributed by atoms with E-state index in [4.69, 9.17) is 4.98 Å². The zero-order chi connectivity index (χ0) is 14.8. The first-order valence-electron chi connectivity index (χ1n) is 7.92. The van der Waals surface area contributed by atoms with Gasteiger partial charge in [-0.1, -0.05) is 6.92 Å². The van der Waals surface area contributed by atoms with Gasteiger partial charge in [-0.25, -0.2) is 4.98 Å². The van der Waals surface area contributed by atoms with Gasteiger partial charge in [0.2, 0.25) is 5.95 Å². The van der Waals surface area contributed by atoms with Crippen molar-refractivity contribution in [1.29, 1.82) is 0 Å². The molecule has 2 unspecified atom stereocenters. The molecule has 0 amide bonds. The molecular weight excluding hydrogens is 330 g/mol. The first kappa shape index (κ1) is 15.0. The number of rotatable bonds is 4. The number of aromatic nitrogens is 2. The van der Waals surface area contributed by atoms with Crippen molar-refractivity contribution in [3.05, 3.63) is 10.7 Å². The predicted molar refractivity (Wildman–Crippen MR) is 89.9 cm³/mol. The number of halogens is 1. The molecule has 0 aliphatic carbocycles. The highest BCUT2D eigenvalue weighted by atomic mass is 79.9. The van der Waals surface area contributed by atoms with E-state index >= 15 is 0 Å². The third-order valence-electron chi connectivity index (χ3n) is 4.71. The van der Waals surface area contributed by atoms with E-state index in [1.165, 1.54) is 19.3 Å². The van der Waals surface area contributed by atoms with Crippen molar-refractivity contribution < 1.29 is 0 Å². The van der Waals surface area contributed by atoms with Crippen molar-refractivity contribution in [2.45, 2.75) is 44.7 Å². The molecule has 21 heavy (non-hydrogen) atoms. The van der Waals surface area contributed by atoms with Gasteiger partial charge in [0.25, 0.3) is 0 Å². The highest BCUT2D eigenvalue weighted by Crippen LogP contribution is 2.32. The van der Waals surface area contributed by atoms with Crippen LogP contribution in [-0.2, 0) is 0 Å². The highest BCUT2D eigenvalue weighted by molar-refractivity contribution is 9.10. The summed E-state index contributed by atoms with van der Waals surface area (Å²) in [6, 6.07) is 1.41. The Bertz CT molecular complexity index is 495. The van der Waals surface area contributed by atoms with Crippen LogP contribution in [-0.4, -0.2) is 53.6 Å². The molecule has 2 aliphatic rings. The molecule has 0 saturated carbocycles. The normalized spacial score (nSPS) is 26.0. The maximum atomic E-state index is 4.72. The highest BCUT2D eigenvalue weighted by Gasteiger charge is 2.35. The summed E-state index contributed by atoms with van der Waals surface area (Å²) in [4.78, 5) is 14.1. The minimum Gasteiger partial charge on any atom is -0.354 e. The molecule has 2 bridgehead atoms. The zero-order valence-electron chi connectivity index (χ0n) is 12.8. The van der Waals surface area contributed by atoms with Crippen LogP contribution in [0.15, 0.2) is 10.7 Å². The molecule has 5 nitrogen and oxygen atoms in total. The van der Waals surface area contributed by atoms with Gasteiger partial charge in [-0.2, -0.15) is 4.98 Å². The van der Waals surface area contributed by atoms with E-state index in [1.807, 2.05) is 6.20 Å². The Hall–Kier alpha value is -0.880. The maximum absolute atomic E-state index is 4.72. The summed E-state index contributed by atoms with van der Waals surface area (Å²) < 4.78 is 0.991. The lowest BCUT2D eigenvalue weighted by Crippen LogP contribution is -2.37. The number of nitrogens with one attached hydrogen (secondary N) is 1. The summed E-state index contributed by atoms with van der Waals surface area (Å²) >= 11 is 3.62. The summed E-state index contributed by atoms with van der Waals surface area (Å²) in [5.74, 6) is 1.77. The summed E-state index contributed by atoms with van der Waals surface area (Å²) in [7, 11) is 2.27. The Kier molecular flexibility index (Phi) is 4.64. The van der Waals surface area contributed by atoms with Crippen LogP contribution in [0.2, 0.25) is 0 Å². The van der Waals surface area contributed by atoms with Crippen LogP contribution >= 0.6 is 15.9 Å². The first-order valence-corrected chi connectivity index (χ1v) is 8.71. The molecule has 1 aromatic rings. The SMILES string of the molecule is CCCNc1ncc(Br)c(N2CCC3CCC(C2)N3C)n1. The lowest BCUT2D eigenvalue weighted by molar-refractivity contribution is 0.254. The molecule has 1 aromatic heterocycles. The lowest BCUT2D eigenvalue weighted by Gasteiger charge is -2.27. The molecule has 2 atom stereocenters. The van der Waals surface area contributed by atoms with E-state index in [2.05, 4.69) is 50.0 Å². The van der Waals surface area contributed by atoms with Crippen LogP contribution in [0.5, 0.6) is 0 Å². The number of hydrogen-bond acceptors (Lipinski definition) is 5. The van der Waals surface area contributed by atoms with E-state index in [9.17, 15) is 0 Å². The van der Waals surface area contributed by atoms with Crippen molar-refractivity contribution in [1.82, 2.24) is 14.9 Å². The Balaban J connectivity index is 1.79. The fourth-order valence-corrected chi connectivity index (χ4v) is 3.84. The largest absolute Gasteiger partial charge is 0.354 e. The van der Waals surface area contributed by atoms with Crippen molar-refractivity contribution in [3.63, 3.8) is 0 Å². The van der Waals surface area contributed by atoms with Gasteiger partial charge in [0, 0.05) is 37.9 Å². The topological polar surface area (TPSA) is 44.3 Å². The fraction of sp³-hybridized carbons (Fsp3) is 0.733. The first-order chi connectivity index (χ1) is 10.2. The van der Waals surface area contributed by atoms with Crippen LogP contribution in [0, 0.1) is 0 Å². The van der Waals surface area contributed by atoms with E-state index in [0.29, 0.717) is 6.04 Å². The molecular formula is C15H24BrN5. The van der Waals surface area contributed by atoms with Crippen LogP contribution in [0.3, 0.4) is 0 Å². The van der Waals surface area contributed by atoms with Crippen LogP contribution in [0.4, 0.5) is 11.8 Å². The van der Waals surface area contributed by atoms with Gasteiger partial charge in [0.1, 0.15) is 5.82 Å². The second-order valence-electron chi connectivity index (χ2n) is 6.08. The fourth-order valence-electron chi connectivity index (χ4n) is 3.40. The third-order valence-corrected chi connectivity index (χ3v) is 5.27. The van der Waals surface area contributed by atoms with Crippen LogP contribution in [0.25, 0.3) is 0 Å². The van der Waals surface area contributed by atoms with Crippen molar-refractivity contribution in [2.24, 2.45) is 0 Å². The van der Waals surface area contributed by atoms with Crippen LogP contribution in [0.1, 0.15) is 32.6 Å². The number of fused-ring (bicyclic) bond motifs is 2. The second-order valence-corrected chi connectivity index (χ2v) is 6.93. The molecule has 0 spiro atoms. The van der Waals surface area contributed by atoms with E-state index in [1.54, 1.807) is 0 Å². The maximum Gasteiger partial charge on any atom is 0.224 e. The Morgan fingerprint density at radius 1 is 1.33 bits per heavy atom. The summed E-state index contributed by atoms with van der Waals surface area (Å²) in [5.41, 5.74) is 0. The smallest absolute Gasteiger partial charge is 0.224 e. The quantitative estimate of drug-likeness (QED) is 0.901. The van der Waals surface area contributed by atoms with Gasteiger partial charge < -0.3 is 10.2 Å². The molecule has 2 fully saturated rings. The van der Waals surface area contributed by atoms with Crippen molar-refractivity contribution >= 4 is 27.7 Å². The summed E-state index contributed by atoms with van der Waals surface area (Å²) in [6.45, 7) is 5.20. The number of nitrogens with zero attached hydrogens (tertiary/aromatic N) is 4. The third kappa shape index (κ3) is 3.16. The van der Waals surface area contributed by atoms with Crippen molar-refractivity contribution in [2.75, 3.05) is 36.9 Å². The Morgan fingerprint density at radius 3 is 2.95 bits per heavy atom. The van der Waals surface area contributed by atoms with Crippen molar-refractivity contribution in [3.8, 4) is 0 Å². The van der Waals surface area contributed by atoms with Gasteiger partial charge in [-0.15, -0.1) is 0 Å². The van der Waals surface area contributed by atoms with Gasteiger partial charge in [0.05, 0.1) is 4.47 Å². The molecule has 116 valence electrons. The van der Waals surface area contributed by atoms with E-state index in [-0.39, 0.29) is 0 Å². The lowest BCUT2D eigenvalue weighted by atomic mass is 10.1. The molecule has 0 radical (unpaired) electrons. The van der Waals surface area contributed by atoms with Crippen LogP contribution < -0.4 is 10.2 Å². The average Bonchev–Trinajstić information content (AvgIpc) is 2.72. The Morgan fingerprint density at radius 2 is 2.14 bits per heavy atom. The monoisotopic (exact) mass is 353 g/mol. The molecule has 1 N–H and O–H groups in total. The summed E-state index contributed by atoms with van der Waals surface area (Å²) in [6.07, 6.45) is 6.83. The minimum atomic E-state index is 0.659. The molecule has 0 aromatic carbocycles. The predicted octanol–water partition coefficient (Wildman–Crippen LogP) is 2.73. The average molecular weight is 354 g/mol. The van der Waals surface area contributed by atoms with E-state index < -0.39 is 0 Å². The standard InChI is InChI=1S/C15H24BrN5/c1-3-7-17-15-18-9-13(16)14(19-15)21-8-6-11-4-5-12(10-21)20(11)2/h9,11-12H,3-8,10H2,1-2H3,(H,17,18,19). The molecule has 3 heterocycles. The number of likely N-dealkylation sites (N-methyl/N-ethyl adjacent to an activating group) is 1. The van der Waals surface area contributed by atoms with Gasteiger partial charge in [-0.3, -0.25) is 4.90 Å². The molecule has 3 rings (SSSR count). The summed E-state index contributed by atoms with van der Waals surface area (Å²) in [5, 5.41) is 3.28. The number of hydrogen-bond donors (Lipinski definition) is 1. The molecule has 6 heteroatoms. The minimum absolute atomic E-state index is 0.659. The second kappa shape index (κ2) is 6.48. The molecule has 2 aliphatic heterocycles. The number of anilines is 2. The van der Waals surface area contributed by atoms with E-state index in [0.717, 1.165) is 48.3 Å². The van der Waals surface area contributed by atoms with Gasteiger partial charge >= 0.3 is 0 Å². The zero-order valence-corrected chi connectivity index (χ0v) is 14.4. The van der Waals surface area contributed by atoms with Gasteiger partial charge in [0.15, 0.2) is 0 Å². The Labute approximate surface area is 135 Å². The molecule has 2 saturated heterocycles. The van der Waals surface area contributed by atoms with Gasteiger partial charge in [-0.05, 0) is 48.7 Å².